The van der Waals surface area contributed by atoms with Crippen LogP contribution >= 0.6 is 0 Å². The number of aromatic nitrogens is 3. The zero-order valence-electron chi connectivity index (χ0n) is 16.7. The number of sulfonamides is 1. The molecule has 1 aliphatic heterocycles. The minimum Gasteiger partial charge on any atom is -0.476 e. The van der Waals surface area contributed by atoms with Gasteiger partial charge in [0.15, 0.2) is 0 Å². The zero-order chi connectivity index (χ0) is 20.6. The average Bonchev–Trinajstić information content (AvgIpc) is 3.25. The van der Waals surface area contributed by atoms with E-state index in [1.54, 1.807) is 22.6 Å². The first kappa shape index (κ1) is 19.4. The van der Waals surface area contributed by atoms with Crippen LogP contribution in [0.25, 0.3) is 10.9 Å². The maximum Gasteiger partial charge on any atom is 0.245 e. The van der Waals surface area contributed by atoms with Crippen molar-refractivity contribution in [2.24, 2.45) is 5.92 Å². The Hall–Kier alpha value is -2.58. The molecule has 1 fully saturated rings. The van der Waals surface area contributed by atoms with E-state index in [9.17, 15) is 8.42 Å². The molecule has 0 N–H and O–H groups in total. The fourth-order valence-electron chi connectivity index (χ4n) is 4.32. The highest BCUT2D eigenvalue weighted by atomic mass is 32.2. The summed E-state index contributed by atoms with van der Waals surface area (Å²) in [5, 5.41) is 9.26. The van der Waals surface area contributed by atoms with Crippen LogP contribution in [0.1, 0.15) is 30.5 Å². The van der Waals surface area contributed by atoms with Crippen molar-refractivity contribution in [1.29, 1.82) is 0 Å². The fraction of sp³-hybridized carbons (Fsp3) is 0.409. The van der Waals surface area contributed by atoms with Gasteiger partial charge < -0.3 is 4.74 Å². The number of para-hydroxylation sites is 1. The van der Waals surface area contributed by atoms with Crippen LogP contribution in [-0.2, 0) is 22.9 Å². The maximum atomic E-state index is 13.2. The summed E-state index contributed by atoms with van der Waals surface area (Å²) in [5.74, 6) is 0.879. The molecule has 5 rings (SSSR count). The molecule has 2 aliphatic rings. The molecule has 0 spiro atoms. The molecule has 0 unspecified atom stereocenters. The molecule has 0 amide bonds. The molecule has 3 heterocycles. The van der Waals surface area contributed by atoms with Crippen LogP contribution < -0.4 is 4.74 Å². The van der Waals surface area contributed by atoms with Gasteiger partial charge in [0.1, 0.15) is 4.90 Å². The summed E-state index contributed by atoms with van der Waals surface area (Å²) in [5.41, 5.74) is 2.86. The van der Waals surface area contributed by atoms with Crippen molar-refractivity contribution in [3.63, 3.8) is 0 Å². The third kappa shape index (κ3) is 3.65. The molecule has 8 heteroatoms. The summed E-state index contributed by atoms with van der Waals surface area (Å²) < 4.78 is 33.9. The third-order valence-electron chi connectivity index (χ3n) is 6.05. The first-order chi connectivity index (χ1) is 14.6. The summed E-state index contributed by atoms with van der Waals surface area (Å²) in [6, 6.07) is 11.0. The van der Waals surface area contributed by atoms with Gasteiger partial charge in [-0.05, 0) is 55.7 Å². The minimum atomic E-state index is -3.58. The van der Waals surface area contributed by atoms with E-state index in [0.29, 0.717) is 37.0 Å². The van der Waals surface area contributed by atoms with Gasteiger partial charge in [-0.2, -0.15) is 9.40 Å². The molecule has 0 radical (unpaired) electrons. The Balaban J connectivity index is 1.23. The number of aryl methyl sites for hydroxylation is 2. The Labute approximate surface area is 176 Å². The first-order valence-electron chi connectivity index (χ1n) is 10.4. The fourth-order valence-corrected chi connectivity index (χ4v) is 5.96. The Bertz CT molecular complexity index is 1170. The van der Waals surface area contributed by atoms with Gasteiger partial charge in [-0.25, -0.2) is 8.42 Å². The number of nitrogens with zero attached hydrogens (tertiary/aromatic N) is 4. The molecule has 0 atom stereocenters. The molecule has 1 aromatic carbocycles. The van der Waals surface area contributed by atoms with Gasteiger partial charge in [0.2, 0.25) is 15.9 Å². The number of hydrogen-bond acceptors (Lipinski definition) is 6. The van der Waals surface area contributed by atoms with E-state index in [0.717, 1.165) is 43.2 Å². The van der Waals surface area contributed by atoms with Crippen molar-refractivity contribution >= 4 is 20.9 Å². The summed E-state index contributed by atoms with van der Waals surface area (Å²) in [7, 11) is -3.58. The Morgan fingerprint density at radius 2 is 1.90 bits per heavy atom. The largest absolute Gasteiger partial charge is 0.476 e. The number of pyridine rings is 1. The highest BCUT2D eigenvalue weighted by molar-refractivity contribution is 7.89. The number of piperidine rings is 1. The van der Waals surface area contributed by atoms with E-state index in [2.05, 4.69) is 15.2 Å². The lowest BCUT2D eigenvalue weighted by molar-refractivity contribution is 0.179. The monoisotopic (exact) mass is 424 g/mol. The molecule has 0 saturated carbocycles. The van der Waals surface area contributed by atoms with Crippen LogP contribution in [-0.4, -0.2) is 47.6 Å². The highest BCUT2D eigenvalue weighted by Gasteiger charge is 2.31. The lowest BCUT2D eigenvalue weighted by Crippen LogP contribution is -2.39. The minimum absolute atomic E-state index is 0.281. The molecule has 7 nitrogen and oxygen atoms in total. The van der Waals surface area contributed by atoms with Crippen molar-refractivity contribution < 1.29 is 13.2 Å². The van der Waals surface area contributed by atoms with Gasteiger partial charge in [-0.3, -0.25) is 4.98 Å². The highest BCUT2D eigenvalue weighted by Crippen LogP contribution is 2.28. The second-order valence-electron chi connectivity index (χ2n) is 8.00. The number of fused-ring (bicyclic) bond motifs is 2. The smallest absolute Gasteiger partial charge is 0.245 e. The molecule has 156 valence electrons. The van der Waals surface area contributed by atoms with Gasteiger partial charge >= 0.3 is 0 Å². The predicted octanol–water partition coefficient (Wildman–Crippen LogP) is 2.99. The molecule has 0 bridgehead atoms. The molecule has 2 aromatic heterocycles. The Kier molecular flexibility index (Phi) is 5.12. The van der Waals surface area contributed by atoms with E-state index in [1.165, 1.54) is 5.56 Å². The molecular formula is C22H24N4O3S. The zero-order valence-corrected chi connectivity index (χ0v) is 17.5. The molecule has 1 aliphatic carbocycles. The average molecular weight is 425 g/mol. The summed E-state index contributed by atoms with van der Waals surface area (Å²) in [4.78, 5) is 4.59. The summed E-state index contributed by atoms with van der Waals surface area (Å²) in [6.45, 7) is 1.50. The van der Waals surface area contributed by atoms with Crippen LogP contribution in [0.2, 0.25) is 0 Å². The second-order valence-corrected chi connectivity index (χ2v) is 9.90. The van der Waals surface area contributed by atoms with E-state index in [-0.39, 0.29) is 4.90 Å². The van der Waals surface area contributed by atoms with Crippen molar-refractivity contribution in [2.75, 3.05) is 19.7 Å². The Morgan fingerprint density at radius 1 is 1.07 bits per heavy atom. The molecule has 3 aromatic rings. The van der Waals surface area contributed by atoms with E-state index < -0.39 is 10.0 Å². The first-order valence-corrected chi connectivity index (χ1v) is 11.9. The summed E-state index contributed by atoms with van der Waals surface area (Å²) >= 11 is 0. The van der Waals surface area contributed by atoms with Crippen molar-refractivity contribution in [3.8, 4) is 5.88 Å². The maximum absolute atomic E-state index is 13.2. The molecular weight excluding hydrogens is 400 g/mol. The number of hydrogen-bond donors (Lipinski definition) is 0. The van der Waals surface area contributed by atoms with Crippen LogP contribution in [0.5, 0.6) is 5.88 Å². The lowest BCUT2D eigenvalue weighted by atomic mass is 9.99. The Morgan fingerprint density at radius 3 is 2.77 bits per heavy atom. The normalized spacial score (nSPS) is 17.9. The van der Waals surface area contributed by atoms with Crippen LogP contribution in [0, 0.1) is 5.92 Å². The van der Waals surface area contributed by atoms with Crippen molar-refractivity contribution in [2.45, 2.75) is 37.0 Å². The van der Waals surface area contributed by atoms with Crippen molar-refractivity contribution in [1.82, 2.24) is 19.5 Å². The van der Waals surface area contributed by atoms with Gasteiger partial charge in [-0.15, -0.1) is 5.10 Å². The van der Waals surface area contributed by atoms with E-state index in [4.69, 9.17) is 4.74 Å². The second kappa shape index (κ2) is 7.92. The van der Waals surface area contributed by atoms with Gasteiger partial charge in [0.25, 0.3) is 0 Å². The van der Waals surface area contributed by atoms with E-state index in [1.807, 2.05) is 24.3 Å². The topological polar surface area (TPSA) is 85.3 Å². The van der Waals surface area contributed by atoms with Crippen molar-refractivity contribution in [3.05, 3.63) is 53.9 Å². The molecule has 1 saturated heterocycles. The quantitative estimate of drug-likeness (QED) is 0.626. The standard InChI is InChI=1S/C22H24N4O3S/c27-30(28,20-8-2-4-17-6-3-11-23-22(17)20)26-12-9-16(10-13-26)15-29-21-14-18-5-1-7-19(18)24-25-21/h2-4,6,8,11,14,16H,1,5,7,9-10,12-13,15H2. The van der Waals surface area contributed by atoms with Crippen LogP contribution in [0.3, 0.4) is 0 Å². The molecule has 30 heavy (non-hydrogen) atoms. The van der Waals surface area contributed by atoms with E-state index >= 15 is 0 Å². The third-order valence-corrected chi connectivity index (χ3v) is 7.98. The number of ether oxygens (including phenoxy) is 1. The summed E-state index contributed by atoms with van der Waals surface area (Å²) in [6.07, 6.45) is 6.33. The van der Waals surface area contributed by atoms with Gasteiger partial charge in [-0.1, -0.05) is 18.2 Å². The van der Waals surface area contributed by atoms with Gasteiger partial charge in [0, 0.05) is 30.7 Å². The van der Waals surface area contributed by atoms with Gasteiger partial charge in [0.05, 0.1) is 17.8 Å². The number of benzene rings is 1. The van der Waals surface area contributed by atoms with Crippen LogP contribution in [0.4, 0.5) is 0 Å². The predicted molar refractivity (Wildman–Crippen MR) is 113 cm³/mol. The van der Waals surface area contributed by atoms with Crippen LogP contribution in [0.15, 0.2) is 47.5 Å². The number of rotatable bonds is 5. The lowest BCUT2D eigenvalue weighted by Gasteiger charge is -2.31. The SMILES string of the molecule is O=S(=O)(c1cccc2cccnc12)N1CCC(COc2cc3c(nn2)CCC3)CC1.